The molecule has 3 unspecified atom stereocenters. The van der Waals surface area contributed by atoms with Crippen molar-refractivity contribution in [1.82, 2.24) is 4.90 Å². The van der Waals surface area contributed by atoms with Gasteiger partial charge < -0.3 is 0 Å². The normalized spacial score (nSPS) is 39.9. The highest BCUT2D eigenvalue weighted by atomic mass is 15.2. The van der Waals surface area contributed by atoms with Crippen molar-refractivity contribution in [3.8, 4) is 0 Å². The van der Waals surface area contributed by atoms with E-state index in [4.69, 9.17) is 0 Å². The Balaban J connectivity index is 1.99. The van der Waals surface area contributed by atoms with E-state index in [0.717, 1.165) is 23.8 Å². The fraction of sp³-hybridized carbons (Fsp3) is 1.00. The van der Waals surface area contributed by atoms with Crippen LogP contribution in [-0.4, -0.2) is 24.0 Å². The van der Waals surface area contributed by atoms with Gasteiger partial charge in [0.15, 0.2) is 0 Å². The van der Waals surface area contributed by atoms with Gasteiger partial charge in [-0.05, 0) is 50.1 Å². The van der Waals surface area contributed by atoms with Gasteiger partial charge in [0.1, 0.15) is 0 Å². The maximum atomic E-state index is 2.74. The molecular formula is C13H25N. The fourth-order valence-electron chi connectivity index (χ4n) is 3.24. The Labute approximate surface area is 88.9 Å². The smallest absolute Gasteiger partial charge is 0.0128 e. The predicted molar refractivity (Wildman–Crippen MR) is 61.3 cm³/mol. The molecule has 1 heteroatoms. The van der Waals surface area contributed by atoms with E-state index in [9.17, 15) is 0 Å². The number of likely N-dealkylation sites (tertiary alicyclic amines) is 1. The van der Waals surface area contributed by atoms with Gasteiger partial charge in [0.25, 0.3) is 0 Å². The molecule has 0 aromatic rings. The Kier molecular flexibility index (Phi) is 3.16. The van der Waals surface area contributed by atoms with Gasteiger partial charge in [-0.1, -0.05) is 27.2 Å². The van der Waals surface area contributed by atoms with Crippen LogP contribution in [0.5, 0.6) is 0 Å². The lowest BCUT2D eigenvalue weighted by Gasteiger charge is -2.47. The summed E-state index contributed by atoms with van der Waals surface area (Å²) in [5.74, 6) is 2.83. The van der Waals surface area contributed by atoms with Crippen molar-refractivity contribution in [2.45, 2.75) is 52.5 Å². The molecule has 2 aliphatic rings. The Bertz CT molecular complexity index is 184. The first kappa shape index (κ1) is 10.5. The van der Waals surface area contributed by atoms with E-state index in [2.05, 4.69) is 25.7 Å². The summed E-state index contributed by atoms with van der Waals surface area (Å²) in [6.07, 6.45) is 5.84. The van der Waals surface area contributed by atoms with E-state index in [1.807, 2.05) is 0 Å². The number of hydrogen-bond donors (Lipinski definition) is 0. The zero-order chi connectivity index (χ0) is 10.1. The third-order valence-electron chi connectivity index (χ3n) is 4.35. The molecule has 82 valence electrons. The maximum absolute atomic E-state index is 2.74. The first-order valence-corrected chi connectivity index (χ1v) is 6.42. The molecule has 1 aliphatic heterocycles. The van der Waals surface area contributed by atoms with Crippen LogP contribution >= 0.6 is 0 Å². The highest BCUT2D eigenvalue weighted by Crippen LogP contribution is 2.37. The summed E-state index contributed by atoms with van der Waals surface area (Å²) >= 11 is 0. The van der Waals surface area contributed by atoms with Gasteiger partial charge in [0, 0.05) is 6.04 Å². The van der Waals surface area contributed by atoms with Crippen molar-refractivity contribution < 1.29 is 0 Å². The fourth-order valence-corrected chi connectivity index (χ4v) is 3.24. The SMILES string of the molecule is CC1CCC(C(C)C)C(N2CCC2)C1. The molecule has 3 atom stereocenters. The van der Waals surface area contributed by atoms with Gasteiger partial charge >= 0.3 is 0 Å². The Morgan fingerprint density at radius 1 is 1.14 bits per heavy atom. The number of rotatable bonds is 2. The van der Waals surface area contributed by atoms with Gasteiger partial charge in [-0.2, -0.15) is 0 Å². The molecule has 1 heterocycles. The summed E-state index contributed by atoms with van der Waals surface area (Å²) in [5, 5.41) is 0. The number of hydrogen-bond acceptors (Lipinski definition) is 1. The van der Waals surface area contributed by atoms with Crippen LogP contribution in [0.4, 0.5) is 0 Å². The molecule has 0 aromatic heterocycles. The van der Waals surface area contributed by atoms with Crippen LogP contribution in [0.15, 0.2) is 0 Å². The van der Waals surface area contributed by atoms with Crippen LogP contribution in [0.3, 0.4) is 0 Å². The summed E-state index contributed by atoms with van der Waals surface area (Å²) in [7, 11) is 0. The first-order valence-electron chi connectivity index (χ1n) is 6.42. The molecule has 0 spiro atoms. The van der Waals surface area contributed by atoms with E-state index in [-0.39, 0.29) is 0 Å². The van der Waals surface area contributed by atoms with Crippen molar-refractivity contribution >= 4 is 0 Å². The summed E-state index contributed by atoms with van der Waals surface area (Å²) in [6.45, 7) is 10.0. The molecule has 1 saturated heterocycles. The molecule has 1 nitrogen and oxygen atoms in total. The minimum Gasteiger partial charge on any atom is -0.300 e. The molecule has 0 aromatic carbocycles. The van der Waals surface area contributed by atoms with E-state index < -0.39 is 0 Å². The zero-order valence-electron chi connectivity index (χ0n) is 10.00. The van der Waals surface area contributed by atoms with Gasteiger partial charge in [0.05, 0.1) is 0 Å². The third-order valence-corrected chi connectivity index (χ3v) is 4.35. The van der Waals surface area contributed by atoms with Crippen LogP contribution in [0.2, 0.25) is 0 Å². The minimum atomic E-state index is 0.882. The molecule has 14 heavy (non-hydrogen) atoms. The second kappa shape index (κ2) is 4.22. The van der Waals surface area contributed by atoms with Crippen molar-refractivity contribution in [2.24, 2.45) is 17.8 Å². The van der Waals surface area contributed by atoms with Crippen LogP contribution in [0.1, 0.15) is 46.5 Å². The summed E-state index contributed by atoms with van der Waals surface area (Å²) < 4.78 is 0. The average Bonchev–Trinajstić information content (AvgIpc) is 2.00. The van der Waals surface area contributed by atoms with Crippen molar-refractivity contribution in [1.29, 1.82) is 0 Å². The average molecular weight is 195 g/mol. The topological polar surface area (TPSA) is 3.24 Å². The zero-order valence-corrected chi connectivity index (χ0v) is 10.00. The molecule has 2 fully saturated rings. The molecule has 2 rings (SSSR count). The largest absolute Gasteiger partial charge is 0.300 e. The van der Waals surface area contributed by atoms with Crippen LogP contribution in [0, 0.1) is 17.8 Å². The third kappa shape index (κ3) is 1.98. The first-order chi connectivity index (χ1) is 6.68. The van der Waals surface area contributed by atoms with Crippen molar-refractivity contribution in [3.05, 3.63) is 0 Å². The minimum absolute atomic E-state index is 0.882. The molecule has 0 amide bonds. The van der Waals surface area contributed by atoms with E-state index in [1.54, 1.807) is 0 Å². The molecule has 1 saturated carbocycles. The van der Waals surface area contributed by atoms with Gasteiger partial charge in [-0.15, -0.1) is 0 Å². The van der Waals surface area contributed by atoms with Gasteiger partial charge in [0.2, 0.25) is 0 Å². The molecule has 0 bridgehead atoms. The quantitative estimate of drug-likeness (QED) is 0.654. The Morgan fingerprint density at radius 3 is 2.36 bits per heavy atom. The molecule has 0 N–H and O–H groups in total. The van der Waals surface area contributed by atoms with Crippen molar-refractivity contribution in [2.75, 3.05) is 13.1 Å². The second-order valence-corrected chi connectivity index (χ2v) is 5.78. The monoisotopic (exact) mass is 195 g/mol. The highest BCUT2D eigenvalue weighted by Gasteiger charge is 2.36. The van der Waals surface area contributed by atoms with E-state index in [0.29, 0.717) is 0 Å². The molecule has 0 radical (unpaired) electrons. The van der Waals surface area contributed by atoms with Gasteiger partial charge in [-0.3, -0.25) is 4.90 Å². The molecule has 1 aliphatic carbocycles. The lowest BCUT2D eigenvalue weighted by atomic mass is 9.72. The Hall–Kier alpha value is -0.0400. The summed E-state index contributed by atoms with van der Waals surface area (Å²) in [4.78, 5) is 2.74. The van der Waals surface area contributed by atoms with E-state index in [1.165, 1.54) is 38.8 Å². The lowest BCUT2D eigenvalue weighted by molar-refractivity contribution is 0.0196. The highest BCUT2D eigenvalue weighted by molar-refractivity contribution is 4.89. The second-order valence-electron chi connectivity index (χ2n) is 5.78. The van der Waals surface area contributed by atoms with Crippen molar-refractivity contribution in [3.63, 3.8) is 0 Å². The standard InChI is InChI=1S/C13H25N/c1-10(2)12-6-5-11(3)9-13(12)14-7-4-8-14/h10-13H,4-9H2,1-3H3. The van der Waals surface area contributed by atoms with E-state index >= 15 is 0 Å². The predicted octanol–water partition coefficient (Wildman–Crippen LogP) is 3.15. The maximum Gasteiger partial charge on any atom is 0.0128 e. The summed E-state index contributed by atoms with van der Waals surface area (Å²) in [6, 6.07) is 0.924. The Morgan fingerprint density at radius 2 is 1.86 bits per heavy atom. The van der Waals surface area contributed by atoms with Crippen LogP contribution in [0.25, 0.3) is 0 Å². The van der Waals surface area contributed by atoms with Gasteiger partial charge in [-0.25, -0.2) is 0 Å². The van der Waals surface area contributed by atoms with Crippen LogP contribution < -0.4 is 0 Å². The summed E-state index contributed by atoms with van der Waals surface area (Å²) in [5.41, 5.74) is 0. The lowest BCUT2D eigenvalue weighted by Crippen LogP contribution is -2.51. The number of nitrogens with zero attached hydrogens (tertiary/aromatic N) is 1. The van der Waals surface area contributed by atoms with Crippen LogP contribution in [-0.2, 0) is 0 Å². The molecular weight excluding hydrogens is 170 g/mol.